The van der Waals surface area contributed by atoms with Gasteiger partial charge in [-0.25, -0.2) is 10.5 Å². The maximum Gasteiger partial charge on any atom is 0.322 e. The molecular formula is C13H21N2O3. The van der Waals surface area contributed by atoms with Crippen molar-refractivity contribution in [2.45, 2.75) is 26.3 Å². The summed E-state index contributed by atoms with van der Waals surface area (Å²) >= 11 is 0. The summed E-state index contributed by atoms with van der Waals surface area (Å²) in [4.78, 5) is 10.6. The molecule has 5 nitrogen and oxygen atoms in total. The number of carboxylic acids is 1. The van der Waals surface area contributed by atoms with Crippen LogP contribution in [0.5, 0.6) is 0 Å². The number of nitrogens with one attached hydrogen (secondary N) is 1. The first-order valence-electron chi connectivity index (χ1n) is 5.82. The monoisotopic (exact) mass is 253 g/mol. The molecule has 1 aromatic rings. The average molecular weight is 253 g/mol. The van der Waals surface area contributed by atoms with E-state index in [0.717, 1.165) is 5.56 Å². The lowest BCUT2D eigenvalue weighted by Gasteiger charge is -2.09. The lowest BCUT2D eigenvalue weighted by atomic mass is 10.1. The van der Waals surface area contributed by atoms with Crippen LogP contribution in [-0.2, 0) is 16.3 Å². The van der Waals surface area contributed by atoms with Gasteiger partial charge in [0, 0.05) is 0 Å². The SMILES string of the molecule is CC(C)C[O].NNC(Cc1ccccc1)C(=O)O. The summed E-state index contributed by atoms with van der Waals surface area (Å²) in [7, 11) is 0. The third kappa shape index (κ3) is 7.78. The van der Waals surface area contributed by atoms with Crippen molar-refractivity contribution in [3.05, 3.63) is 35.9 Å². The van der Waals surface area contributed by atoms with Crippen LogP contribution in [0.2, 0.25) is 0 Å². The van der Waals surface area contributed by atoms with Crippen molar-refractivity contribution in [3.63, 3.8) is 0 Å². The first kappa shape index (κ1) is 16.6. The molecule has 0 bridgehead atoms. The highest BCUT2D eigenvalue weighted by Gasteiger charge is 2.14. The molecule has 0 heterocycles. The Balaban J connectivity index is 0.000000494. The summed E-state index contributed by atoms with van der Waals surface area (Å²) in [6.07, 6.45) is 0.396. The molecule has 1 aromatic carbocycles. The maximum absolute atomic E-state index is 10.6. The topological polar surface area (TPSA) is 95.3 Å². The number of aliphatic carboxylic acids is 1. The normalized spacial score (nSPS) is 11.6. The summed E-state index contributed by atoms with van der Waals surface area (Å²) in [6, 6.07) is 8.63. The molecule has 1 atom stereocenters. The van der Waals surface area contributed by atoms with Crippen LogP contribution in [0.25, 0.3) is 0 Å². The molecule has 0 spiro atoms. The van der Waals surface area contributed by atoms with Crippen LogP contribution in [0.3, 0.4) is 0 Å². The van der Waals surface area contributed by atoms with E-state index in [-0.39, 0.29) is 6.61 Å². The van der Waals surface area contributed by atoms with E-state index in [1.807, 2.05) is 44.2 Å². The van der Waals surface area contributed by atoms with Crippen LogP contribution in [0.4, 0.5) is 0 Å². The molecular weight excluding hydrogens is 232 g/mol. The quantitative estimate of drug-likeness (QED) is 0.543. The zero-order valence-electron chi connectivity index (χ0n) is 10.8. The van der Waals surface area contributed by atoms with E-state index in [1.165, 1.54) is 0 Å². The van der Waals surface area contributed by atoms with E-state index < -0.39 is 12.0 Å². The van der Waals surface area contributed by atoms with Gasteiger partial charge in [0.1, 0.15) is 6.04 Å². The molecule has 1 rings (SSSR count). The van der Waals surface area contributed by atoms with E-state index in [0.29, 0.717) is 12.3 Å². The second-order valence-electron chi connectivity index (χ2n) is 4.31. The Morgan fingerprint density at radius 1 is 1.33 bits per heavy atom. The van der Waals surface area contributed by atoms with Gasteiger partial charge in [-0.15, -0.1) is 0 Å². The average Bonchev–Trinajstić information content (AvgIpc) is 2.37. The maximum atomic E-state index is 10.6. The number of nitrogens with two attached hydrogens (primary N) is 1. The van der Waals surface area contributed by atoms with Crippen LogP contribution < -0.4 is 11.3 Å². The predicted octanol–water partition coefficient (Wildman–Crippen LogP) is 1.22. The summed E-state index contributed by atoms with van der Waals surface area (Å²) in [6.45, 7) is 3.88. The van der Waals surface area contributed by atoms with Crippen molar-refractivity contribution >= 4 is 5.97 Å². The molecule has 0 saturated carbocycles. The molecule has 0 aliphatic rings. The number of hydrogen-bond acceptors (Lipinski definition) is 3. The fraction of sp³-hybridized carbons (Fsp3) is 0.462. The minimum atomic E-state index is -0.939. The van der Waals surface area contributed by atoms with E-state index in [2.05, 4.69) is 5.43 Å². The highest BCUT2D eigenvalue weighted by Crippen LogP contribution is 2.02. The second-order valence-corrected chi connectivity index (χ2v) is 4.31. The van der Waals surface area contributed by atoms with Gasteiger partial charge < -0.3 is 5.11 Å². The van der Waals surface area contributed by atoms with Gasteiger partial charge in [-0.05, 0) is 17.9 Å². The smallest absolute Gasteiger partial charge is 0.322 e. The molecule has 18 heavy (non-hydrogen) atoms. The van der Waals surface area contributed by atoms with Gasteiger partial charge in [0.25, 0.3) is 0 Å². The minimum absolute atomic E-state index is 0.0556. The van der Waals surface area contributed by atoms with Crippen LogP contribution in [-0.4, -0.2) is 23.7 Å². The number of hydrogen-bond donors (Lipinski definition) is 3. The molecule has 1 unspecified atom stereocenters. The van der Waals surface area contributed by atoms with E-state index in [9.17, 15) is 9.90 Å². The van der Waals surface area contributed by atoms with Gasteiger partial charge in [0.05, 0.1) is 6.61 Å². The van der Waals surface area contributed by atoms with Crippen molar-refractivity contribution in [1.29, 1.82) is 0 Å². The van der Waals surface area contributed by atoms with Crippen molar-refractivity contribution in [2.24, 2.45) is 11.8 Å². The highest BCUT2D eigenvalue weighted by molar-refractivity contribution is 5.73. The first-order chi connectivity index (χ1) is 8.51. The molecule has 1 radical (unpaired) electrons. The lowest BCUT2D eigenvalue weighted by molar-refractivity contribution is -0.139. The van der Waals surface area contributed by atoms with Gasteiger partial charge in [-0.3, -0.25) is 10.6 Å². The van der Waals surface area contributed by atoms with Gasteiger partial charge in [0.2, 0.25) is 0 Å². The summed E-state index contributed by atoms with van der Waals surface area (Å²) in [5.74, 6) is 4.48. The summed E-state index contributed by atoms with van der Waals surface area (Å²) < 4.78 is 0. The zero-order valence-corrected chi connectivity index (χ0v) is 10.8. The molecule has 0 saturated heterocycles. The van der Waals surface area contributed by atoms with E-state index >= 15 is 0 Å². The Morgan fingerprint density at radius 2 is 1.83 bits per heavy atom. The number of hydrazine groups is 1. The van der Waals surface area contributed by atoms with Crippen LogP contribution in [0.1, 0.15) is 19.4 Å². The Kier molecular flexibility index (Phi) is 8.82. The van der Waals surface area contributed by atoms with E-state index in [4.69, 9.17) is 10.9 Å². The van der Waals surface area contributed by atoms with E-state index in [1.54, 1.807) is 0 Å². The molecule has 5 heteroatoms. The van der Waals surface area contributed by atoms with Gasteiger partial charge in [-0.1, -0.05) is 44.2 Å². The van der Waals surface area contributed by atoms with Crippen molar-refractivity contribution in [2.75, 3.05) is 6.61 Å². The molecule has 0 aliphatic carbocycles. The first-order valence-corrected chi connectivity index (χ1v) is 5.82. The Labute approximate surface area is 108 Å². The van der Waals surface area contributed by atoms with Crippen molar-refractivity contribution in [1.82, 2.24) is 5.43 Å². The Morgan fingerprint density at radius 3 is 2.17 bits per heavy atom. The number of rotatable bonds is 5. The number of carbonyl (C=O) groups is 1. The lowest BCUT2D eigenvalue weighted by Crippen LogP contribution is -2.42. The molecule has 101 valence electrons. The van der Waals surface area contributed by atoms with Crippen LogP contribution >= 0.6 is 0 Å². The summed E-state index contributed by atoms with van der Waals surface area (Å²) in [5, 5.41) is 18.3. The molecule has 0 aliphatic heterocycles. The van der Waals surface area contributed by atoms with Crippen molar-refractivity contribution < 1.29 is 15.0 Å². The number of benzene rings is 1. The fourth-order valence-corrected chi connectivity index (χ4v) is 1.07. The molecule has 4 N–H and O–H groups in total. The second kappa shape index (κ2) is 9.58. The van der Waals surface area contributed by atoms with Crippen LogP contribution in [0, 0.1) is 5.92 Å². The highest BCUT2D eigenvalue weighted by atomic mass is 16.4. The largest absolute Gasteiger partial charge is 0.480 e. The van der Waals surface area contributed by atoms with Crippen molar-refractivity contribution in [3.8, 4) is 0 Å². The van der Waals surface area contributed by atoms with Crippen LogP contribution in [0.15, 0.2) is 30.3 Å². The fourth-order valence-electron chi connectivity index (χ4n) is 1.07. The molecule has 0 aromatic heterocycles. The Bertz CT molecular complexity index is 328. The van der Waals surface area contributed by atoms with Gasteiger partial charge in [0.15, 0.2) is 0 Å². The Hall–Kier alpha value is -1.43. The van der Waals surface area contributed by atoms with Gasteiger partial charge >= 0.3 is 5.97 Å². The number of carboxylic acid groups (broad SMARTS) is 1. The van der Waals surface area contributed by atoms with Gasteiger partial charge in [-0.2, -0.15) is 0 Å². The standard InChI is InChI=1S/C9H12N2O2.C4H9O/c10-11-8(9(12)13)6-7-4-2-1-3-5-7;1-4(2)3-5/h1-5,8,11H,6,10H2,(H,12,13);4H,3H2,1-2H3. The third-order valence-electron chi connectivity index (χ3n) is 2.12. The molecule has 0 fully saturated rings. The minimum Gasteiger partial charge on any atom is -0.480 e. The third-order valence-corrected chi connectivity index (χ3v) is 2.12. The molecule has 0 amide bonds. The zero-order chi connectivity index (χ0) is 14.0. The predicted molar refractivity (Wildman–Crippen MR) is 69.3 cm³/mol. The summed E-state index contributed by atoms with van der Waals surface area (Å²) in [5.41, 5.74) is 3.20.